The SMILES string of the molecule is CC(C)N1CCC(Oc2ccc3c(c2)cc2n3CCN(Cc3cccc(F)c3)C2=O)CC1. The maximum atomic E-state index is 13.5. The minimum Gasteiger partial charge on any atom is -0.490 e. The number of rotatable bonds is 5. The molecule has 1 saturated heterocycles. The second-order valence-electron chi connectivity index (χ2n) is 9.21. The molecule has 0 radical (unpaired) electrons. The van der Waals surface area contributed by atoms with Crippen LogP contribution in [0.3, 0.4) is 0 Å². The molecule has 5 rings (SSSR count). The standard InChI is InChI=1S/C26H30FN3O2/c1-18(2)28-10-8-22(9-11-28)32-23-6-7-24-20(15-23)16-25-26(31)29(12-13-30(24)25)17-19-4-3-5-21(27)14-19/h3-7,14-16,18,22H,8-13,17H2,1-2H3. The van der Waals surface area contributed by atoms with Crippen molar-refractivity contribution in [2.24, 2.45) is 0 Å². The van der Waals surface area contributed by atoms with Gasteiger partial charge in [-0.25, -0.2) is 4.39 Å². The number of fused-ring (bicyclic) bond motifs is 3. The second-order valence-corrected chi connectivity index (χ2v) is 9.21. The quantitative estimate of drug-likeness (QED) is 0.584. The number of amides is 1. The maximum Gasteiger partial charge on any atom is 0.270 e. The molecule has 1 amide bonds. The Morgan fingerprint density at radius 1 is 1.03 bits per heavy atom. The Balaban J connectivity index is 1.31. The van der Waals surface area contributed by atoms with E-state index in [0.29, 0.717) is 24.8 Å². The molecule has 1 fully saturated rings. The number of hydrogen-bond donors (Lipinski definition) is 0. The van der Waals surface area contributed by atoms with Crippen molar-refractivity contribution in [2.75, 3.05) is 19.6 Å². The van der Waals surface area contributed by atoms with E-state index in [1.807, 2.05) is 18.2 Å². The van der Waals surface area contributed by atoms with Crippen LogP contribution in [0.1, 0.15) is 42.7 Å². The molecule has 0 bridgehead atoms. The van der Waals surface area contributed by atoms with Gasteiger partial charge in [-0.2, -0.15) is 0 Å². The van der Waals surface area contributed by atoms with Gasteiger partial charge in [0.2, 0.25) is 0 Å². The number of hydrogen-bond acceptors (Lipinski definition) is 3. The lowest BCUT2D eigenvalue weighted by Crippen LogP contribution is -2.41. The molecule has 0 N–H and O–H groups in total. The fourth-order valence-corrected chi connectivity index (χ4v) is 4.93. The van der Waals surface area contributed by atoms with Crippen molar-refractivity contribution in [1.29, 1.82) is 0 Å². The Hall–Kier alpha value is -2.86. The van der Waals surface area contributed by atoms with Gasteiger partial charge >= 0.3 is 0 Å². The average Bonchev–Trinajstić information content (AvgIpc) is 3.15. The second kappa shape index (κ2) is 8.58. The number of ether oxygens (including phenoxy) is 1. The van der Waals surface area contributed by atoms with E-state index in [0.717, 1.165) is 54.7 Å². The van der Waals surface area contributed by atoms with Crippen LogP contribution in [0.2, 0.25) is 0 Å². The fourth-order valence-electron chi connectivity index (χ4n) is 4.93. The first kappa shape index (κ1) is 21.0. The zero-order valence-electron chi connectivity index (χ0n) is 18.8. The molecule has 168 valence electrons. The van der Waals surface area contributed by atoms with Crippen LogP contribution in [-0.2, 0) is 13.1 Å². The van der Waals surface area contributed by atoms with E-state index in [4.69, 9.17) is 4.74 Å². The first-order chi connectivity index (χ1) is 15.5. The molecule has 0 unspecified atom stereocenters. The zero-order chi connectivity index (χ0) is 22.2. The molecule has 2 aromatic carbocycles. The van der Waals surface area contributed by atoms with Gasteiger partial charge in [-0.05, 0) is 68.7 Å². The van der Waals surface area contributed by atoms with Crippen molar-refractivity contribution >= 4 is 16.8 Å². The van der Waals surface area contributed by atoms with Crippen LogP contribution in [0.25, 0.3) is 10.9 Å². The molecule has 6 heteroatoms. The topological polar surface area (TPSA) is 37.7 Å². The molecule has 2 aliphatic rings. The normalized spacial score (nSPS) is 17.9. The summed E-state index contributed by atoms with van der Waals surface area (Å²) in [6, 6.07) is 15.1. The monoisotopic (exact) mass is 435 g/mol. The van der Waals surface area contributed by atoms with Crippen molar-refractivity contribution in [2.45, 2.75) is 51.9 Å². The van der Waals surface area contributed by atoms with Crippen molar-refractivity contribution in [3.8, 4) is 5.75 Å². The van der Waals surface area contributed by atoms with Crippen LogP contribution in [-0.4, -0.2) is 52.1 Å². The smallest absolute Gasteiger partial charge is 0.270 e. The Morgan fingerprint density at radius 3 is 2.59 bits per heavy atom. The number of piperidine rings is 1. The number of aromatic nitrogens is 1. The lowest BCUT2D eigenvalue weighted by atomic mass is 10.1. The summed E-state index contributed by atoms with van der Waals surface area (Å²) < 4.78 is 21.9. The summed E-state index contributed by atoms with van der Waals surface area (Å²) in [6.07, 6.45) is 2.31. The molecular weight excluding hydrogens is 405 g/mol. The zero-order valence-corrected chi connectivity index (χ0v) is 18.8. The first-order valence-electron chi connectivity index (χ1n) is 11.6. The van der Waals surface area contributed by atoms with Crippen molar-refractivity contribution < 1.29 is 13.9 Å². The lowest BCUT2D eigenvalue weighted by Gasteiger charge is -2.34. The molecule has 0 spiro atoms. The average molecular weight is 436 g/mol. The Bertz CT molecular complexity index is 1130. The number of halogens is 1. The summed E-state index contributed by atoms with van der Waals surface area (Å²) in [5, 5.41) is 1.03. The highest BCUT2D eigenvalue weighted by Gasteiger charge is 2.27. The Labute approximate surface area is 188 Å². The number of carbonyl (C=O) groups excluding carboxylic acids is 1. The Morgan fingerprint density at radius 2 is 1.84 bits per heavy atom. The summed E-state index contributed by atoms with van der Waals surface area (Å²) in [6.45, 7) is 8.38. The first-order valence-corrected chi connectivity index (χ1v) is 11.6. The molecule has 3 heterocycles. The van der Waals surface area contributed by atoms with Crippen LogP contribution in [0.4, 0.5) is 4.39 Å². The van der Waals surface area contributed by atoms with E-state index in [1.165, 1.54) is 12.1 Å². The Kier molecular flexibility index (Phi) is 5.64. The summed E-state index contributed by atoms with van der Waals surface area (Å²) in [5.41, 5.74) is 2.55. The molecule has 2 aliphatic heterocycles. The van der Waals surface area contributed by atoms with Crippen LogP contribution in [0, 0.1) is 5.82 Å². The molecule has 1 aromatic heterocycles. The molecule has 5 nitrogen and oxygen atoms in total. The summed E-state index contributed by atoms with van der Waals surface area (Å²) in [4.78, 5) is 17.4. The minimum atomic E-state index is -0.275. The molecular formula is C26H30FN3O2. The highest BCUT2D eigenvalue weighted by molar-refractivity contribution is 5.99. The van der Waals surface area contributed by atoms with E-state index in [2.05, 4.69) is 35.4 Å². The van der Waals surface area contributed by atoms with Crippen LogP contribution in [0.15, 0.2) is 48.5 Å². The van der Waals surface area contributed by atoms with Gasteiger partial charge in [-0.1, -0.05) is 12.1 Å². The fraction of sp³-hybridized carbons (Fsp3) is 0.423. The molecule has 32 heavy (non-hydrogen) atoms. The van der Waals surface area contributed by atoms with E-state index in [9.17, 15) is 9.18 Å². The van der Waals surface area contributed by atoms with Crippen molar-refractivity contribution in [3.05, 3.63) is 65.6 Å². The highest BCUT2D eigenvalue weighted by Crippen LogP contribution is 2.29. The van der Waals surface area contributed by atoms with Gasteiger partial charge in [0.25, 0.3) is 5.91 Å². The minimum absolute atomic E-state index is 0.0137. The molecule has 0 saturated carbocycles. The van der Waals surface area contributed by atoms with Crippen LogP contribution >= 0.6 is 0 Å². The third kappa shape index (κ3) is 4.11. The number of nitrogens with zero attached hydrogens (tertiary/aromatic N) is 3. The van der Waals surface area contributed by atoms with Gasteiger partial charge in [-0.15, -0.1) is 0 Å². The predicted octanol–water partition coefficient (Wildman–Crippen LogP) is 4.69. The van der Waals surface area contributed by atoms with E-state index < -0.39 is 0 Å². The van der Waals surface area contributed by atoms with E-state index in [-0.39, 0.29) is 17.8 Å². The molecule has 0 aliphatic carbocycles. The van der Waals surface area contributed by atoms with Crippen molar-refractivity contribution in [1.82, 2.24) is 14.4 Å². The number of benzene rings is 2. The van der Waals surface area contributed by atoms with E-state index >= 15 is 0 Å². The third-order valence-corrected chi connectivity index (χ3v) is 6.74. The van der Waals surface area contributed by atoms with Crippen molar-refractivity contribution in [3.63, 3.8) is 0 Å². The van der Waals surface area contributed by atoms with Gasteiger partial charge in [0.1, 0.15) is 23.4 Å². The van der Waals surface area contributed by atoms with Gasteiger partial charge in [0.15, 0.2) is 0 Å². The van der Waals surface area contributed by atoms with Gasteiger partial charge in [0, 0.05) is 49.7 Å². The highest BCUT2D eigenvalue weighted by atomic mass is 19.1. The van der Waals surface area contributed by atoms with Crippen LogP contribution in [0.5, 0.6) is 5.75 Å². The third-order valence-electron chi connectivity index (χ3n) is 6.74. The summed E-state index contributed by atoms with van der Waals surface area (Å²) in [5.74, 6) is 0.580. The maximum absolute atomic E-state index is 13.5. The number of carbonyl (C=O) groups is 1. The van der Waals surface area contributed by atoms with Crippen LogP contribution < -0.4 is 4.74 Å². The van der Waals surface area contributed by atoms with Gasteiger partial charge in [-0.3, -0.25) is 4.79 Å². The van der Waals surface area contributed by atoms with Gasteiger partial charge in [0.05, 0.1) is 0 Å². The summed E-state index contributed by atoms with van der Waals surface area (Å²) in [7, 11) is 0. The molecule has 0 atom stereocenters. The summed E-state index contributed by atoms with van der Waals surface area (Å²) >= 11 is 0. The van der Waals surface area contributed by atoms with Gasteiger partial charge < -0.3 is 19.1 Å². The lowest BCUT2D eigenvalue weighted by molar-refractivity contribution is 0.0693. The predicted molar refractivity (Wildman–Crippen MR) is 123 cm³/mol. The molecule has 3 aromatic rings. The largest absolute Gasteiger partial charge is 0.490 e. The van der Waals surface area contributed by atoms with E-state index in [1.54, 1.807) is 11.0 Å². The number of likely N-dealkylation sites (tertiary alicyclic amines) is 1.